The number of hydrogen-bond donors (Lipinski definition) is 1. The fourth-order valence-corrected chi connectivity index (χ4v) is 1.98. The van der Waals surface area contributed by atoms with E-state index in [1.807, 2.05) is 0 Å². The van der Waals surface area contributed by atoms with E-state index in [9.17, 15) is 14.9 Å². The van der Waals surface area contributed by atoms with E-state index in [1.54, 1.807) is 30.9 Å². The molecule has 0 aliphatic heterocycles. The quantitative estimate of drug-likeness (QED) is 0.642. The number of carboxylic acids is 1. The van der Waals surface area contributed by atoms with Gasteiger partial charge in [-0.1, -0.05) is 24.6 Å². The van der Waals surface area contributed by atoms with Crippen LogP contribution in [0.5, 0.6) is 0 Å². The number of nitrogens with zero attached hydrogens (tertiary/aromatic N) is 2. The van der Waals surface area contributed by atoms with Gasteiger partial charge in [0, 0.05) is 13.1 Å². The van der Waals surface area contributed by atoms with Crippen molar-refractivity contribution in [1.82, 2.24) is 0 Å². The molecule has 1 N–H and O–H groups in total. The molecule has 0 amide bonds. The minimum absolute atomic E-state index is 0.0453. The number of halogens is 1. The summed E-state index contributed by atoms with van der Waals surface area (Å²) in [6, 6.07) is 4.62. The van der Waals surface area contributed by atoms with Crippen molar-refractivity contribution in [3.8, 4) is 0 Å². The first-order valence-electron chi connectivity index (χ1n) is 5.79. The molecule has 0 aliphatic carbocycles. The molecule has 0 aliphatic rings. The molecule has 1 aromatic rings. The number of nitro groups is 1. The first-order valence-corrected chi connectivity index (χ1v) is 6.16. The average molecular weight is 287 g/mol. The Morgan fingerprint density at radius 2 is 2.21 bits per heavy atom. The van der Waals surface area contributed by atoms with Gasteiger partial charge in [0.05, 0.1) is 10.8 Å². The van der Waals surface area contributed by atoms with Gasteiger partial charge in [-0.05, 0) is 19.1 Å². The van der Waals surface area contributed by atoms with Gasteiger partial charge in [-0.15, -0.1) is 0 Å². The summed E-state index contributed by atoms with van der Waals surface area (Å²) in [6.07, 6.45) is 0. The second-order valence-corrected chi connectivity index (χ2v) is 4.55. The van der Waals surface area contributed by atoms with E-state index in [-0.39, 0.29) is 17.3 Å². The summed E-state index contributed by atoms with van der Waals surface area (Å²) >= 11 is 5.84. The van der Waals surface area contributed by atoms with Crippen LogP contribution in [0.25, 0.3) is 0 Å². The van der Waals surface area contributed by atoms with Gasteiger partial charge >= 0.3 is 11.7 Å². The standard InChI is InChI=1S/C12H15ClN2O4/c1-3-14(7-8(2)12(16)17)10-6-4-5-9(13)11(10)15(18)19/h4-6,8H,3,7H2,1-2H3,(H,16,17). The minimum atomic E-state index is -0.942. The first-order chi connectivity index (χ1) is 8.88. The molecular weight excluding hydrogens is 272 g/mol. The molecule has 0 saturated heterocycles. The van der Waals surface area contributed by atoms with Crippen molar-refractivity contribution in [3.05, 3.63) is 33.3 Å². The Kier molecular flexibility index (Phi) is 5.11. The van der Waals surface area contributed by atoms with E-state index in [0.29, 0.717) is 12.2 Å². The Bertz CT molecular complexity index is 493. The van der Waals surface area contributed by atoms with Crippen molar-refractivity contribution in [2.45, 2.75) is 13.8 Å². The Balaban J connectivity index is 3.15. The number of carboxylic acid groups (broad SMARTS) is 1. The molecule has 0 spiro atoms. The van der Waals surface area contributed by atoms with Crippen molar-refractivity contribution in [2.75, 3.05) is 18.0 Å². The molecule has 0 saturated carbocycles. The van der Waals surface area contributed by atoms with Crippen molar-refractivity contribution in [3.63, 3.8) is 0 Å². The molecule has 0 fully saturated rings. The zero-order chi connectivity index (χ0) is 14.6. The van der Waals surface area contributed by atoms with E-state index >= 15 is 0 Å². The molecule has 104 valence electrons. The fraction of sp³-hybridized carbons (Fsp3) is 0.417. The number of hydrogen-bond acceptors (Lipinski definition) is 4. The molecule has 1 unspecified atom stereocenters. The second kappa shape index (κ2) is 6.38. The summed E-state index contributed by atoms with van der Waals surface area (Å²) in [7, 11) is 0. The summed E-state index contributed by atoms with van der Waals surface area (Å²) in [5.41, 5.74) is 0.150. The number of para-hydroxylation sites is 1. The molecular formula is C12H15ClN2O4. The summed E-state index contributed by atoms with van der Waals surface area (Å²) in [5.74, 6) is -1.57. The maximum absolute atomic E-state index is 11.1. The molecule has 1 aromatic carbocycles. The zero-order valence-corrected chi connectivity index (χ0v) is 11.4. The van der Waals surface area contributed by atoms with E-state index in [0.717, 1.165) is 0 Å². The third-order valence-corrected chi connectivity index (χ3v) is 3.09. The molecule has 19 heavy (non-hydrogen) atoms. The molecule has 1 rings (SSSR count). The van der Waals surface area contributed by atoms with Crippen molar-refractivity contribution in [2.24, 2.45) is 5.92 Å². The lowest BCUT2D eigenvalue weighted by Gasteiger charge is -2.24. The van der Waals surface area contributed by atoms with E-state index in [1.165, 1.54) is 6.07 Å². The topological polar surface area (TPSA) is 83.7 Å². The molecule has 0 aromatic heterocycles. The molecule has 7 heteroatoms. The van der Waals surface area contributed by atoms with Crippen LogP contribution in [-0.2, 0) is 4.79 Å². The Morgan fingerprint density at radius 1 is 1.58 bits per heavy atom. The van der Waals surface area contributed by atoms with E-state index in [2.05, 4.69) is 0 Å². The highest BCUT2D eigenvalue weighted by atomic mass is 35.5. The van der Waals surface area contributed by atoms with Gasteiger partial charge < -0.3 is 10.0 Å². The van der Waals surface area contributed by atoms with Gasteiger partial charge in [-0.25, -0.2) is 0 Å². The highest BCUT2D eigenvalue weighted by molar-refractivity contribution is 6.33. The van der Waals surface area contributed by atoms with Gasteiger partial charge in [0.15, 0.2) is 0 Å². The maximum Gasteiger partial charge on any atom is 0.310 e. The number of anilines is 1. The van der Waals surface area contributed by atoms with Crippen LogP contribution in [0.4, 0.5) is 11.4 Å². The lowest BCUT2D eigenvalue weighted by molar-refractivity contribution is -0.384. The Morgan fingerprint density at radius 3 is 2.68 bits per heavy atom. The zero-order valence-electron chi connectivity index (χ0n) is 10.7. The van der Waals surface area contributed by atoms with Gasteiger partial charge in [-0.2, -0.15) is 0 Å². The third-order valence-electron chi connectivity index (χ3n) is 2.79. The van der Waals surface area contributed by atoms with Crippen LogP contribution in [0.2, 0.25) is 5.02 Å². The van der Waals surface area contributed by atoms with Crippen molar-refractivity contribution in [1.29, 1.82) is 0 Å². The largest absolute Gasteiger partial charge is 0.481 e. The van der Waals surface area contributed by atoms with Crippen LogP contribution in [0.1, 0.15) is 13.8 Å². The van der Waals surface area contributed by atoms with Crippen LogP contribution in [0, 0.1) is 16.0 Å². The minimum Gasteiger partial charge on any atom is -0.481 e. The van der Waals surface area contributed by atoms with Gasteiger partial charge in [0.25, 0.3) is 0 Å². The summed E-state index contributed by atoms with van der Waals surface area (Å²) < 4.78 is 0. The van der Waals surface area contributed by atoms with Crippen LogP contribution in [0.15, 0.2) is 18.2 Å². The van der Waals surface area contributed by atoms with Gasteiger partial charge in [0.1, 0.15) is 10.7 Å². The number of nitro benzene ring substituents is 1. The molecule has 1 atom stereocenters. The third kappa shape index (κ3) is 3.57. The van der Waals surface area contributed by atoms with E-state index in [4.69, 9.17) is 16.7 Å². The SMILES string of the molecule is CCN(CC(C)C(=O)O)c1cccc(Cl)c1[N+](=O)[O-]. The molecule has 0 heterocycles. The molecule has 0 bridgehead atoms. The monoisotopic (exact) mass is 286 g/mol. The number of aliphatic carboxylic acids is 1. The summed E-state index contributed by atoms with van der Waals surface area (Å²) in [6.45, 7) is 4.01. The predicted octanol–water partition coefficient (Wildman–Crippen LogP) is 2.80. The number of rotatable bonds is 6. The summed E-state index contributed by atoms with van der Waals surface area (Å²) in [5, 5.41) is 20.0. The second-order valence-electron chi connectivity index (χ2n) is 4.14. The predicted molar refractivity (Wildman–Crippen MR) is 72.8 cm³/mol. The Hall–Kier alpha value is -1.82. The van der Waals surface area contributed by atoms with Gasteiger partial charge in [0.2, 0.25) is 0 Å². The van der Waals surface area contributed by atoms with Crippen LogP contribution >= 0.6 is 11.6 Å². The lowest BCUT2D eigenvalue weighted by atomic mass is 10.1. The normalized spacial score (nSPS) is 11.9. The maximum atomic E-state index is 11.1. The highest BCUT2D eigenvalue weighted by Gasteiger charge is 2.24. The fourth-order valence-electron chi connectivity index (χ4n) is 1.75. The van der Waals surface area contributed by atoms with Crippen molar-refractivity contribution >= 4 is 28.9 Å². The number of carbonyl (C=O) groups is 1. The highest BCUT2D eigenvalue weighted by Crippen LogP contribution is 2.35. The smallest absolute Gasteiger partial charge is 0.310 e. The summed E-state index contributed by atoms with van der Waals surface area (Å²) in [4.78, 5) is 23.0. The average Bonchev–Trinajstić information content (AvgIpc) is 2.34. The number of benzene rings is 1. The van der Waals surface area contributed by atoms with Gasteiger partial charge in [-0.3, -0.25) is 14.9 Å². The van der Waals surface area contributed by atoms with Crippen LogP contribution in [0.3, 0.4) is 0 Å². The molecule has 0 radical (unpaired) electrons. The Labute approximate surface area is 115 Å². The first kappa shape index (κ1) is 15.2. The van der Waals surface area contributed by atoms with Crippen LogP contribution < -0.4 is 4.90 Å². The lowest BCUT2D eigenvalue weighted by Crippen LogP contribution is -2.32. The van der Waals surface area contributed by atoms with E-state index < -0.39 is 16.8 Å². The van der Waals surface area contributed by atoms with Crippen molar-refractivity contribution < 1.29 is 14.8 Å². The molecule has 6 nitrogen and oxygen atoms in total. The van der Waals surface area contributed by atoms with Crippen LogP contribution in [-0.4, -0.2) is 29.1 Å².